The summed E-state index contributed by atoms with van der Waals surface area (Å²) in [4.78, 5) is 3.97. The summed E-state index contributed by atoms with van der Waals surface area (Å²) in [5.74, 6) is 1.30. The van der Waals surface area contributed by atoms with E-state index in [1.807, 2.05) is 25.1 Å². The van der Waals surface area contributed by atoms with Gasteiger partial charge in [-0.3, -0.25) is 4.98 Å². The van der Waals surface area contributed by atoms with Crippen LogP contribution in [0.15, 0.2) is 41.1 Å². The summed E-state index contributed by atoms with van der Waals surface area (Å²) in [6.45, 7) is 1.91. The Balaban J connectivity index is 2.34. The van der Waals surface area contributed by atoms with Gasteiger partial charge < -0.3 is 10.5 Å². The first kappa shape index (κ1) is 13.3. The molecule has 18 heavy (non-hydrogen) atoms. The van der Waals surface area contributed by atoms with Crippen molar-refractivity contribution in [2.45, 2.75) is 13.0 Å². The zero-order valence-electron chi connectivity index (χ0n) is 9.73. The van der Waals surface area contributed by atoms with E-state index in [1.54, 1.807) is 18.5 Å². The van der Waals surface area contributed by atoms with Crippen molar-refractivity contribution in [3.8, 4) is 11.5 Å². The molecule has 0 saturated carbocycles. The van der Waals surface area contributed by atoms with Gasteiger partial charge in [0, 0.05) is 28.3 Å². The Labute approximate surface area is 119 Å². The largest absolute Gasteiger partial charge is 0.455 e. The Morgan fingerprint density at radius 2 is 2.11 bits per heavy atom. The van der Waals surface area contributed by atoms with Crippen molar-refractivity contribution in [1.29, 1.82) is 0 Å². The van der Waals surface area contributed by atoms with E-state index in [-0.39, 0.29) is 6.04 Å². The molecular weight excluding hydrogens is 316 g/mol. The smallest absolute Gasteiger partial charge is 0.147 e. The van der Waals surface area contributed by atoms with Gasteiger partial charge in [0.05, 0.1) is 11.2 Å². The zero-order chi connectivity index (χ0) is 13.1. The van der Waals surface area contributed by atoms with Crippen molar-refractivity contribution < 1.29 is 4.74 Å². The molecule has 1 atom stereocenters. The summed E-state index contributed by atoms with van der Waals surface area (Å²) in [7, 11) is 0. The molecule has 2 N–H and O–H groups in total. The molecule has 1 aromatic heterocycles. The third-order valence-corrected chi connectivity index (χ3v) is 3.07. The van der Waals surface area contributed by atoms with E-state index in [0.29, 0.717) is 16.5 Å². The van der Waals surface area contributed by atoms with Crippen LogP contribution in [0.2, 0.25) is 5.02 Å². The summed E-state index contributed by atoms with van der Waals surface area (Å²) in [6, 6.07) is 7.30. The molecule has 2 aromatic rings. The minimum Gasteiger partial charge on any atom is -0.455 e. The molecule has 0 aliphatic rings. The van der Waals surface area contributed by atoms with Gasteiger partial charge in [0.1, 0.15) is 11.5 Å². The molecule has 1 unspecified atom stereocenters. The molecule has 1 aromatic carbocycles. The van der Waals surface area contributed by atoms with Crippen molar-refractivity contribution in [1.82, 2.24) is 4.98 Å². The van der Waals surface area contributed by atoms with Gasteiger partial charge in [0.25, 0.3) is 0 Å². The number of rotatable bonds is 3. The third-order valence-electron chi connectivity index (χ3n) is 2.37. The van der Waals surface area contributed by atoms with E-state index >= 15 is 0 Å². The van der Waals surface area contributed by atoms with Crippen LogP contribution in [0.1, 0.15) is 18.5 Å². The van der Waals surface area contributed by atoms with E-state index in [0.717, 1.165) is 10.0 Å². The first-order valence-electron chi connectivity index (χ1n) is 5.39. The van der Waals surface area contributed by atoms with E-state index in [4.69, 9.17) is 22.1 Å². The van der Waals surface area contributed by atoms with Gasteiger partial charge in [-0.25, -0.2) is 0 Å². The van der Waals surface area contributed by atoms with Crippen LogP contribution < -0.4 is 10.5 Å². The van der Waals surface area contributed by atoms with Crippen LogP contribution in [0.4, 0.5) is 0 Å². The summed E-state index contributed by atoms with van der Waals surface area (Å²) in [5.41, 5.74) is 6.85. The number of hydrogen-bond donors (Lipinski definition) is 1. The second-order valence-electron chi connectivity index (χ2n) is 3.91. The molecule has 0 bridgehead atoms. The summed E-state index contributed by atoms with van der Waals surface area (Å²) >= 11 is 9.28. The van der Waals surface area contributed by atoms with Gasteiger partial charge in [0.2, 0.25) is 0 Å². The highest BCUT2D eigenvalue weighted by atomic mass is 79.9. The molecule has 94 valence electrons. The van der Waals surface area contributed by atoms with Gasteiger partial charge in [-0.15, -0.1) is 0 Å². The molecule has 0 fully saturated rings. The number of pyridine rings is 1. The van der Waals surface area contributed by atoms with Gasteiger partial charge in [0.15, 0.2) is 0 Å². The van der Waals surface area contributed by atoms with Gasteiger partial charge in [-0.05, 0) is 25.1 Å². The molecule has 0 spiro atoms. The highest BCUT2D eigenvalue weighted by molar-refractivity contribution is 9.10. The minimum absolute atomic E-state index is 0.121. The maximum atomic E-state index is 5.92. The maximum Gasteiger partial charge on any atom is 0.147 e. The summed E-state index contributed by atoms with van der Waals surface area (Å²) < 4.78 is 6.72. The molecule has 3 nitrogen and oxygen atoms in total. The normalized spacial score (nSPS) is 12.2. The average Bonchev–Trinajstić information content (AvgIpc) is 2.31. The summed E-state index contributed by atoms with van der Waals surface area (Å²) in [5, 5.41) is 0.534. The highest BCUT2D eigenvalue weighted by Gasteiger charge is 2.10. The Morgan fingerprint density at radius 1 is 1.33 bits per heavy atom. The Morgan fingerprint density at radius 3 is 2.78 bits per heavy atom. The number of hydrogen-bond acceptors (Lipinski definition) is 3. The number of ether oxygens (including phenoxy) is 1. The molecule has 0 saturated heterocycles. The third kappa shape index (κ3) is 3.22. The van der Waals surface area contributed by atoms with Crippen LogP contribution in [0.5, 0.6) is 11.5 Å². The topological polar surface area (TPSA) is 48.1 Å². The van der Waals surface area contributed by atoms with Gasteiger partial charge >= 0.3 is 0 Å². The minimum atomic E-state index is -0.121. The van der Waals surface area contributed by atoms with Crippen LogP contribution in [0.25, 0.3) is 0 Å². The monoisotopic (exact) mass is 326 g/mol. The number of aromatic nitrogens is 1. The van der Waals surface area contributed by atoms with Crippen molar-refractivity contribution >= 4 is 27.5 Å². The van der Waals surface area contributed by atoms with Crippen molar-refractivity contribution in [2.24, 2.45) is 5.73 Å². The molecule has 0 aliphatic carbocycles. The van der Waals surface area contributed by atoms with Gasteiger partial charge in [-0.1, -0.05) is 27.5 Å². The Hall–Kier alpha value is -1.10. The molecule has 1 heterocycles. The van der Waals surface area contributed by atoms with Crippen LogP contribution in [-0.2, 0) is 0 Å². The second-order valence-corrected chi connectivity index (χ2v) is 5.26. The second kappa shape index (κ2) is 5.69. The van der Waals surface area contributed by atoms with Crippen molar-refractivity contribution in [3.63, 3.8) is 0 Å². The standard InChI is InChI=1S/C13H12BrClN2O/c1-8(16)12-4-9(14)2-3-13(12)18-11-5-10(15)6-17-7-11/h2-8H,16H2,1H3. The number of nitrogens with two attached hydrogens (primary N) is 1. The number of halogens is 2. The highest BCUT2D eigenvalue weighted by Crippen LogP contribution is 2.31. The number of benzene rings is 1. The molecule has 0 aliphatic heterocycles. The fourth-order valence-electron chi connectivity index (χ4n) is 1.54. The predicted octanol–water partition coefficient (Wildman–Crippen LogP) is 4.31. The van der Waals surface area contributed by atoms with E-state index < -0.39 is 0 Å². The van der Waals surface area contributed by atoms with E-state index in [1.165, 1.54) is 0 Å². The fraction of sp³-hybridized carbons (Fsp3) is 0.154. The lowest BCUT2D eigenvalue weighted by atomic mass is 10.1. The van der Waals surface area contributed by atoms with Crippen molar-refractivity contribution in [2.75, 3.05) is 0 Å². The lowest BCUT2D eigenvalue weighted by molar-refractivity contribution is 0.470. The van der Waals surface area contributed by atoms with Crippen LogP contribution in [0.3, 0.4) is 0 Å². The SMILES string of the molecule is CC(N)c1cc(Br)ccc1Oc1cncc(Cl)c1. The zero-order valence-corrected chi connectivity index (χ0v) is 12.1. The lowest BCUT2D eigenvalue weighted by Gasteiger charge is -2.14. The molecule has 2 rings (SSSR count). The van der Waals surface area contributed by atoms with Gasteiger partial charge in [-0.2, -0.15) is 0 Å². The van der Waals surface area contributed by atoms with E-state index in [2.05, 4.69) is 20.9 Å². The predicted molar refractivity (Wildman–Crippen MR) is 76.1 cm³/mol. The Bertz CT molecular complexity index is 560. The molecule has 5 heteroatoms. The average molecular weight is 328 g/mol. The fourth-order valence-corrected chi connectivity index (χ4v) is 2.09. The molecule has 0 amide bonds. The van der Waals surface area contributed by atoms with Crippen LogP contribution >= 0.6 is 27.5 Å². The Kier molecular flexibility index (Phi) is 4.22. The molecule has 0 radical (unpaired) electrons. The van der Waals surface area contributed by atoms with Crippen LogP contribution in [-0.4, -0.2) is 4.98 Å². The first-order chi connectivity index (χ1) is 8.56. The van der Waals surface area contributed by atoms with E-state index in [9.17, 15) is 0 Å². The quantitative estimate of drug-likeness (QED) is 0.914. The summed E-state index contributed by atoms with van der Waals surface area (Å²) in [6.07, 6.45) is 3.17. The maximum absolute atomic E-state index is 5.92. The van der Waals surface area contributed by atoms with Crippen molar-refractivity contribution in [3.05, 3.63) is 51.7 Å². The lowest BCUT2D eigenvalue weighted by Crippen LogP contribution is -2.06. The van der Waals surface area contributed by atoms with Crippen LogP contribution in [0, 0.1) is 0 Å². The molecular formula is C13H12BrClN2O. The first-order valence-corrected chi connectivity index (χ1v) is 6.57. The number of nitrogens with zero attached hydrogens (tertiary/aromatic N) is 1.